The number of ether oxygens (including phenoxy) is 4. The average molecular weight is 485 g/mol. The summed E-state index contributed by atoms with van der Waals surface area (Å²) in [5, 5.41) is 70.9. The van der Waals surface area contributed by atoms with Gasteiger partial charge in [0.15, 0.2) is 12.6 Å². The van der Waals surface area contributed by atoms with Crippen LogP contribution in [0.2, 0.25) is 0 Å². The van der Waals surface area contributed by atoms with Crippen molar-refractivity contribution in [2.24, 2.45) is 22.9 Å². The molecular weight excluding hydrogens is 448 g/mol. The molecule has 0 bridgehead atoms. The van der Waals surface area contributed by atoms with Gasteiger partial charge < -0.3 is 77.6 Å². The summed E-state index contributed by atoms with van der Waals surface area (Å²) in [7, 11) is 0. The van der Waals surface area contributed by atoms with Crippen molar-refractivity contribution in [1.82, 2.24) is 0 Å². The lowest BCUT2D eigenvalue weighted by molar-refractivity contribution is -0.332. The highest BCUT2D eigenvalue weighted by molar-refractivity contribution is 5.01. The molecule has 15 nitrogen and oxygen atoms in total. The minimum Gasteiger partial charge on any atom is -0.394 e. The molecule has 0 radical (unpaired) electrons. The lowest BCUT2D eigenvalue weighted by atomic mass is 9.84. The zero-order valence-corrected chi connectivity index (χ0v) is 17.9. The third kappa shape index (κ3) is 5.32. The van der Waals surface area contributed by atoms with E-state index < -0.39 is 98.4 Å². The van der Waals surface area contributed by atoms with E-state index in [0.29, 0.717) is 0 Å². The maximum atomic E-state index is 10.9. The van der Waals surface area contributed by atoms with Crippen LogP contribution in [0.4, 0.5) is 0 Å². The Morgan fingerprint density at radius 3 is 1.70 bits per heavy atom. The maximum Gasteiger partial charge on any atom is 0.187 e. The normalized spacial score (nSPS) is 53.7. The van der Waals surface area contributed by atoms with Gasteiger partial charge in [0.25, 0.3) is 0 Å². The number of hydrogen-bond donors (Lipinski definition) is 11. The molecule has 0 spiro atoms. The van der Waals surface area contributed by atoms with Crippen molar-refractivity contribution in [1.29, 1.82) is 0 Å². The van der Waals surface area contributed by atoms with Crippen LogP contribution in [0, 0.1) is 0 Å². The molecule has 1 unspecified atom stereocenters. The Labute approximate surface area is 189 Å². The molecule has 3 fully saturated rings. The van der Waals surface area contributed by atoms with Gasteiger partial charge in [0, 0.05) is 18.6 Å². The second-order valence-electron chi connectivity index (χ2n) is 8.79. The van der Waals surface area contributed by atoms with Crippen LogP contribution in [0.25, 0.3) is 0 Å². The summed E-state index contributed by atoms with van der Waals surface area (Å²) >= 11 is 0. The van der Waals surface area contributed by atoms with Crippen molar-refractivity contribution in [2.45, 2.75) is 98.2 Å². The van der Waals surface area contributed by atoms with E-state index in [1.54, 1.807) is 0 Å². The summed E-state index contributed by atoms with van der Waals surface area (Å²) in [6, 6.07) is -2.86. The highest BCUT2D eigenvalue weighted by Crippen LogP contribution is 2.31. The lowest BCUT2D eigenvalue weighted by Gasteiger charge is -2.48. The summed E-state index contributed by atoms with van der Waals surface area (Å²) in [5.74, 6) is 0. The third-order valence-corrected chi connectivity index (χ3v) is 6.48. The number of hydrogen-bond acceptors (Lipinski definition) is 15. The fraction of sp³-hybridized carbons (Fsp3) is 1.00. The first kappa shape index (κ1) is 27.0. The predicted molar refractivity (Wildman–Crippen MR) is 108 cm³/mol. The molecule has 0 aromatic carbocycles. The number of nitrogens with two attached hydrogens (primary N) is 4. The van der Waals surface area contributed by atoms with Crippen LogP contribution >= 0.6 is 0 Å². The molecule has 15 atom stereocenters. The highest BCUT2D eigenvalue weighted by atomic mass is 16.7. The molecule has 0 aromatic rings. The van der Waals surface area contributed by atoms with Gasteiger partial charge in [-0.3, -0.25) is 0 Å². The Morgan fingerprint density at radius 1 is 0.667 bits per heavy atom. The van der Waals surface area contributed by atoms with E-state index in [2.05, 4.69) is 0 Å². The van der Waals surface area contributed by atoms with Gasteiger partial charge in [-0.1, -0.05) is 0 Å². The molecule has 1 aliphatic carbocycles. The van der Waals surface area contributed by atoms with Gasteiger partial charge in [0.05, 0.1) is 12.6 Å². The van der Waals surface area contributed by atoms with Crippen LogP contribution in [-0.4, -0.2) is 141 Å². The van der Waals surface area contributed by atoms with E-state index in [-0.39, 0.29) is 13.0 Å². The average Bonchev–Trinajstić information content (AvgIpc) is 2.79. The molecular formula is C18H36N4O11. The van der Waals surface area contributed by atoms with Crippen molar-refractivity contribution in [3.8, 4) is 0 Å². The lowest BCUT2D eigenvalue weighted by Crippen LogP contribution is -2.68. The Morgan fingerprint density at radius 2 is 1.18 bits per heavy atom. The molecule has 1 saturated carbocycles. The van der Waals surface area contributed by atoms with Crippen LogP contribution in [0.15, 0.2) is 0 Å². The Bertz CT molecular complexity index is 584. The van der Waals surface area contributed by atoms with Gasteiger partial charge in [-0.2, -0.15) is 0 Å². The second-order valence-corrected chi connectivity index (χ2v) is 8.79. The van der Waals surface area contributed by atoms with Gasteiger partial charge >= 0.3 is 0 Å². The topological polar surface area (TPSA) is 283 Å². The summed E-state index contributed by atoms with van der Waals surface area (Å²) in [6.45, 7) is -0.763. The summed E-state index contributed by atoms with van der Waals surface area (Å²) in [5.41, 5.74) is 23.5. The van der Waals surface area contributed by atoms with Crippen LogP contribution < -0.4 is 22.9 Å². The number of aliphatic hydroxyl groups excluding tert-OH is 7. The standard InChI is InChI=1S/C18H36N4O11/c19-2-6-10(25)12(27)13(28)18(30-6)33-16-5(21)1-4(20)15(14(16)29)32-17-11(26)8(22)9(24)7(3-23)31-17/h4-18,23-29H,1-3,19-22H2/t4-,5+,6-,7-,8+,9-,10-,11-,12+,13-,14-,15+,16?,17-,18-/m1/s1. The van der Waals surface area contributed by atoms with Crippen LogP contribution in [0.3, 0.4) is 0 Å². The molecule has 2 heterocycles. The second kappa shape index (κ2) is 11.0. The molecule has 3 aliphatic rings. The molecule has 0 amide bonds. The van der Waals surface area contributed by atoms with Crippen LogP contribution in [0.1, 0.15) is 6.42 Å². The monoisotopic (exact) mass is 484 g/mol. The molecule has 2 aliphatic heterocycles. The predicted octanol–water partition coefficient (Wildman–Crippen LogP) is -7.29. The fourth-order valence-corrected chi connectivity index (χ4v) is 4.40. The van der Waals surface area contributed by atoms with Crippen molar-refractivity contribution in [3.05, 3.63) is 0 Å². The molecule has 0 aromatic heterocycles. The summed E-state index contributed by atoms with van der Waals surface area (Å²) in [4.78, 5) is 0. The van der Waals surface area contributed by atoms with E-state index in [1.807, 2.05) is 0 Å². The van der Waals surface area contributed by atoms with Crippen molar-refractivity contribution < 1.29 is 54.7 Å². The highest BCUT2D eigenvalue weighted by Gasteiger charge is 2.51. The van der Waals surface area contributed by atoms with E-state index >= 15 is 0 Å². The fourth-order valence-electron chi connectivity index (χ4n) is 4.40. The summed E-state index contributed by atoms with van der Waals surface area (Å²) < 4.78 is 22.2. The molecule has 194 valence electrons. The van der Waals surface area contributed by atoms with Gasteiger partial charge in [-0.15, -0.1) is 0 Å². The maximum absolute atomic E-state index is 10.9. The Kier molecular flexibility index (Phi) is 8.99. The smallest absolute Gasteiger partial charge is 0.187 e. The van der Waals surface area contributed by atoms with Gasteiger partial charge in [-0.25, -0.2) is 0 Å². The van der Waals surface area contributed by atoms with E-state index in [9.17, 15) is 35.7 Å². The first-order valence-corrected chi connectivity index (χ1v) is 10.8. The minimum absolute atomic E-state index is 0.0849. The first-order valence-electron chi connectivity index (χ1n) is 10.8. The third-order valence-electron chi connectivity index (χ3n) is 6.48. The molecule has 15 N–H and O–H groups in total. The summed E-state index contributed by atoms with van der Waals surface area (Å²) in [6.07, 6.45) is -16.5. The molecule has 2 saturated heterocycles. The molecule has 15 heteroatoms. The Balaban J connectivity index is 1.72. The quantitative estimate of drug-likeness (QED) is 0.167. The van der Waals surface area contributed by atoms with Crippen molar-refractivity contribution >= 4 is 0 Å². The van der Waals surface area contributed by atoms with E-state index in [4.69, 9.17) is 41.9 Å². The zero-order valence-electron chi connectivity index (χ0n) is 17.9. The first-order chi connectivity index (χ1) is 15.5. The number of aliphatic hydroxyl groups is 7. The minimum atomic E-state index is -1.66. The van der Waals surface area contributed by atoms with E-state index in [0.717, 1.165) is 0 Å². The van der Waals surface area contributed by atoms with E-state index in [1.165, 1.54) is 0 Å². The van der Waals surface area contributed by atoms with Gasteiger partial charge in [0.2, 0.25) is 0 Å². The molecule has 33 heavy (non-hydrogen) atoms. The van der Waals surface area contributed by atoms with Crippen molar-refractivity contribution in [2.75, 3.05) is 13.2 Å². The molecule has 3 rings (SSSR count). The zero-order chi connectivity index (χ0) is 24.6. The largest absolute Gasteiger partial charge is 0.394 e. The SMILES string of the molecule is NC[C@H]1O[C@H](OC2[C@@H](N)C[C@@H](N)[C@H](O[C@H]3O[C@H](CO)[C@@H](O)[C@H](N)[C@H]3O)[C@H]2O)[C@H](O)[C@@H](O)[C@@H]1O. The number of rotatable bonds is 6. The van der Waals surface area contributed by atoms with Gasteiger partial charge in [-0.05, 0) is 6.42 Å². The van der Waals surface area contributed by atoms with Crippen molar-refractivity contribution in [3.63, 3.8) is 0 Å². The van der Waals surface area contributed by atoms with Crippen LogP contribution in [0.5, 0.6) is 0 Å². The van der Waals surface area contributed by atoms with Crippen LogP contribution in [-0.2, 0) is 18.9 Å². The Hall–Kier alpha value is -0.600. The van der Waals surface area contributed by atoms with Gasteiger partial charge in [0.1, 0.15) is 61.0 Å².